The molecule has 216 valence electrons. The summed E-state index contributed by atoms with van der Waals surface area (Å²) in [6, 6.07) is 33.3. The molecule has 0 aliphatic heterocycles. The second kappa shape index (κ2) is 14.0. The molecule has 1 atom stereocenters. The molecule has 3 N–H and O–H groups in total. The molecule has 0 fully saturated rings. The van der Waals surface area contributed by atoms with Crippen LogP contribution in [0.25, 0.3) is 10.9 Å². The summed E-state index contributed by atoms with van der Waals surface area (Å²) in [5.41, 5.74) is 3.05. The summed E-state index contributed by atoms with van der Waals surface area (Å²) in [6.07, 6.45) is 1.64. The maximum absolute atomic E-state index is 13.0. The molecule has 1 heterocycles. The summed E-state index contributed by atoms with van der Waals surface area (Å²) in [7, 11) is -3.80. The lowest BCUT2D eigenvalue weighted by Gasteiger charge is -2.14. The Morgan fingerprint density at radius 2 is 1.48 bits per heavy atom. The van der Waals surface area contributed by atoms with Crippen molar-refractivity contribution in [2.45, 2.75) is 24.0 Å². The van der Waals surface area contributed by atoms with Crippen molar-refractivity contribution in [2.24, 2.45) is 0 Å². The molecule has 42 heavy (non-hydrogen) atoms. The average molecular weight is 584 g/mol. The van der Waals surface area contributed by atoms with Gasteiger partial charge in [-0.3, -0.25) is 9.71 Å². The Hall–Kier alpha value is -4.44. The predicted molar refractivity (Wildman–Crippen MR) is 164 cm³/mol. The zero-order valence-corrected chi connectivity index (χ0v) is 23.8. The third-order valence-electron chi connectivity index (χ3n) is 6.58. The molecule has 0 saturated carbocycles. The minimum Gasteiger partial charge on any atom is -0.491 e. The zero-order valence-electron chi connectivity index (χ0n) is 23.0. The quantitative estimate of drug-likeness (QED) is 0.154. The number of aliphatic hydroxyl groups is 1. The highest BCUT2D eigenvalue weighted by atomic mass is 32.2. The lowest BCUT2D eigenvalue weighted by atomic mass is 10.1. The molecule has 1 aromatic heterocycles. The number of aliphatic hydroxyl groups excluding tert-OH is 1. The van der Waals surface area contributed by atoms with Crippen LogP contribution in [-0.2, 0) is 23.1 Å². The first-order valence-electron chi connectivity index (χ1n) is 13.7. The topological polar surface area (TPSA) is 110 Å². The van der Waals surface area contributed by atoms with Crippen LogP contribution in [0.2, 0.25) is 0 Å². The summed E-state index contributed by atoms with van der Waals surface area (Å²) in [4.78, 5) is 4.39. The van der Waals surface area contributed by atoms with Crippen LogP contribution in [0.4, 0.5) is 5.69 Å². The first-order chi connectivity index (χ1) is 20.5. The number of ether oxygens (including phenoxy) is 2. The van der Waals surface area contributed by atoms with Crippen molar-refractivity contribution >= 4 is 26.6 Å². The van der Waals surface area contributed by atoms with Crippen LogP contribution < -0.4 is 19.5 Å². The highest BCUT2D eigenvalue weighted by Gasteiger charge is 2.18. The number of nitrogens with one attached hydrogen (secondary N) is 2. The molecule has 5 rings (SSSR count). The van der Waals surface area contributed by atoms with Gasteiger partial charge in [0.25, 0.3) is 10.0 Å². The van der Waals surface area contributed by atoms with E-state index < -0.39 is 16.1 Å². The molecule has 0 radical (unpaired) electrons. The minimum absolute atomic E-state index is 0.140. The second-order valence-electron chi connectivity index (χ2n) is 9.80. The molecular formula is C33H33N3O5S. The van der Waals surface area contributed by atoms with Crippen LogP contribution in [0.5, 0.6) is 11.5 Å². The number of anilines is 1. The molecule has 5 aromatic rings. The fraction of sp³-hybridized carbons (Fsp3) is 0.182. The molecule has 0 bridgehead atoms. The Morgan fingerprint density at radius 3 is 2.24 bits per heavy atom. The average Bonchev–Trinajstić information content (AvgIpc) is 3.02. The number of hydrogen-bond donors (Lipinski definition) is 3. The van der Waals surface area contributed by atoms with E-state index in [1.807, 2.05) is 78.9 Å². The number of benzene rings is 4. The molecule has 9 heteroatoms. The fourth-order valence-electron chi connectivity index (χ4n) is 4.37. The van der Waals surface area contributed by atoms with E-state index in [1.165, 1.54) is 0 Å². The van der Waals surface area contributed by atoms with Gasteiger partial charge in [0.05, 0.1) is 5.52 Å². The lowest BCUT2D eigenvalue weighted by molar-refractivity contribution is 0.106. The number of fused-ring (bicyclic) bond motifs is 1. The normalized spacial score (nSPS) is 12.1. The van der Waals surface area contributed by atoms with Crippen molar-refractivity contribution in [2.75, 3.05) is 24.4 Å². The summed E-state index contributed by atoms with van der Waals surface area (Å²) in [5, 5.41) is 14.3. The molecule has 0 amide bonds. The first-order valence-corrected chi connectivity index (χ1v) is 15.2. The maximum Gasteiger partial charge on any atom is 0.264 e. The Labute approximate surface area is 246 Å². The van der Waals surface area contributed by atoms with Crippen LogP contribution in [-0.4, -0.2) is 44.3 Å². The standard InChI is InChI=1S/C33H33N3O5S/c37-29(24-41-31-17-15-30(16-18-31)40-23-26-6-2-1-3-7-26)22-34-21-19-25-11-13-28(14-12-25)36-42(38,39)32-10-4-8-27-9-5-20-35-33(27)32/h1-18,20,29,34,36-37H,19,21-24H2. The number of hydrogen-bond acceptors (Lipinski definition) is 7. The molecule has 0 aliphatic rings. The van der Waals surface area contributed by atoms with Gasteiger partial charge >= 0.3 is 0 Å². The van der Waals surface area contributed by atoms with Crippen molar-refractivity contribution in [1.29, 1.82) is 0 Å². The van der Waals surface area contributed by atoms with Crippen molar-refractivity contribution in [1.82, 2.24) is 10.3 Å². The van der Waals surface area contributed by atoms with E-state index in [9.17, 15) is 13.5 Å². The number of pyridine rings is 1. The molecule has 8 nitrogen and oxygen atoms in total. The zero-order chi connectivity index (χ0) is 29.2. The number of rotatable bonds is 14. The summed E-state index contributed by atoms with van der Waals surface area (Å²) >= 11 is 0. The van der Waals surface area contributed by atoms with E-state index in [0.717, 1.165) is 28.7 Å². The summed E-state index contributed by atoms with van der Waals surface area (Å²) < 4.78 is 40.2. The number of para-hydroxylation sites is 1. The number of aromatic nitrogens is 1. The van der Waals surface area contributed by atoms with Crippen LogP contribution in [0, 0.1) is 0 Å². The van der Waals surface area contributed by atoms with Crippen molar-refractivity contribution in [3.8, 4) is 11.5 Å². The van der Waals surface area contributed by atoms with Gasteiger partial charge in [0, 0.05) is 23.8 Å². The molecule has 0 spiro atoms. The van der Waals surface area contributed by atoms with Gasteiger partial charge in [-0.1, -0.05) is 60.7 Å². The highest BCUT2D eigenvalue weighted by Crippen LogP contribution is 2.23. The summed E-state index contributed by atoms with van der Waals surface area (Å²) in [6.45, 7) is 1.70. The van der Waals surface area contributed by atoms with Gasteiger partial charge in [0.15, 0.2) is 0 Å². The van der Waals surface area contributed by atoms with Crippen LogP contribution >= 0.6 is 0 Å². The van der Waals surface area contributed by atoms with Crippen molar-refractivity contribution in [3.05, 3.63) is 127 Å². The van der Waals surface area contributed by atoms with E-state index in [0.29, 0.717) is 36.6 Å². The highest BCUT2D eigenvalue weighted by molar-refractivity contribution is 7.93. The smallest absolute Gasteiger partial charge is 0.264 e. The van der Waals surface area contributed by atoms with Gasteiger partial charge in [0.1, 0.15) is 35.7 Å². The Kier molecular flexibility index (Phi) is 9.66. The van der Waals surface area contributed by atoms with E-state index in [1.54, 1.807) is 36.5 Å². The third kappa shape index (κ3) is 8.07. The van der Waals surface area contributed by atoms with Crippen LogP contribution in [0.3, 0.4) is 0 Å². The van der Waals surface area contributed by atoms with Gasteiger partial charge < -0.3 is 19.9 Å². The SMILES string of the molecule is O=S(=O)(Nc1ccc(CCNCC(O)COc2ccc(OCc3ccccc3)cc2)cc1)c1cccc2cccnc12. The molecule has 1 unspecified atom stereocenters. The lowest BCUT2D eigenvalue weighted by Crippen LogP contribution is -2.32. The molecular weight excluding hydrogens is 550 g/mol. The van der Waals surface area contributed by atoms with E-state index in [2.05, 4.69) is 15.0 Å². The Morgan fingerprint density at radius 1 is 0.762 bits per heavy atom. The van der Waals surface area contributed by atoms with Gasteiger partial charge in [0.2, 0.25) is 0 Å². The fourth-order valence-corrected chi connectivity index (χ4v) is 5.61. The summed E-state index contributed by atoms with van der Waals surface area (Å²) in [5.74, 6) is 1.41. The van der Waals surface area contributed by atoms with E-state index in [-0.39, 0.29) is 11.5 Å². The molecule has 0 saturated heterocycles. The number of nitrogens with zero attached hydrogens (tertiary/aromatic N) is 1. The molecule has 0 aliphatic carbocycles. The van der Waals surface area contributed by atoms with Crippen molar-refractivity contribution in [3.63, 3.8) is 0 Å². The third-order valence-corrected chi connectivity index (χ3v) is 7.99. The van der Waals surface area contributed by atoms with Crippen LogP contribution in [0.1, 0.15) is 11.1 Å². The van der Waals surface area contributed by atoms with Gasteiger partial charge in [-0.15, -0.1) is 0 Å². The second-order valence-corrected chi connectivity index (χ2v) is 11.4. The Bertz CT molecular complexity index is 1670. The van der Waals surface area contributed by atoms with Gasteiger partial charge in [-0.25, -0.2) is 8.42 Å². The van der Waals surface area contributed by atoms with Gasteiger partial charge in [-0.05, 0) is 72.6 Å². The monoisotopic (exact) mass is 583 g/mol. The van der Waals surface area contributed by atoms with E-state index >= 15 is 0 Å². The van der Waals surface area contributed by atoms with E-state index in [4.69, 9.17) is 9.47 Å². The predicted octanol–water partition coefficient (Wildman–Crippen LogP) is 5.19. The minimum atomic E-state index is -3.80. The maximum atomic E-state index is 13.0. The molecule has 4 aromatic carbocycles. The first kappa shape index (κ1) is 29.1. The Balaban J connectivity index is 1.01. The largest absolute Gasteiger partial charge is 0.491 e. The van der Waals surface area contributed by atoms with Gasteiger partial charge in [-0.2, -0.15) is 0 Å². The number of sulfonamides is 1. The van der Waals surface area contributed by atoms with Crippen molar-refractivity contribution < 1.29 is 23.0 Å². The van der Waals surface area contributed by atoms with Crippen LogP contribution in [0.15, 0.2) is 120 Å².